The summed E-state index contributed by atoms with van der Waals surface area (Å²) < 4.78 is 26.8. The molecule has 0 unspecified atom stereocenters. The number of unbranched alkanes of at least 4 members (excludes halogenated alkanes) is 2. The van der Waals surface area contributed by atoms with E-state index >= 15 is 0 Å². The van der Waals surface area contributed by atoms with Crippen molar-refractivity contribution in [3.05, 3.63) is 22.7 Å². The minimum Gasteiger partial charge on any atom is -0.398 e. The van der Waals surface area contributed by atoms with Crippen molar-refractivity contribution in [2.45, 2.75) is 38.0 Å². The largest absolute Gasteiger partial charge is 0.398 e. The molecule has 0 saturated heterocycles. The van der Waals surface area contributed by atoms with E-state index in [1.807, 2.05) is 0 Å². The van der Waals surface area contributed by atoms with Crippen molar-refractivity contribution in [2.75, 3.05) is 12.3 Å². The number of halogens is 1. The van der Waals surface area contributed by atoms with Crippen LogP contribution in [0.25, 0.3) is 0 Å². The molecule has 0 aromatic heterocycles. The van der Waals surface area contributed by atoms with Crippen molar-refractivity contribution in [3.8, 4) is 0 Å². The zero-order valence-electron chi connectivity index (χ0n) is 10.7. The van der Waals surface area contributed by atoms with E-state index in [1.54, 1.807) is 13.0 Å². The molecule has 0 radical (unpaired) electrons. The number of sulfonamides is 1. The van der Waals surface area contributed by atoms with E-state index < -0.39 is 10.0 Å². The van der Waals surface area contributed by atoms with Crippen molar-refractivity contribution < 1.29 is 8.42 Å². The summed E-state index contributed by atoms with van der Waals surface area (Å²) in [5.74, 6) is 0. The highest BCUT2D eigenvalue weighted by Gasteiger charge is 2.18. The lowest BCUT2D eigenvalue weighted by Gasteiger charge is -2.11. The van der Waals surface area contributed by atoms with Crippen molar-refractivity contribution in [1.82, 2.24) is 4.72 Å². The molecule has 0 aliphatic rings. The number of nitrogen functional groups attached to an aromatic ring is 1. The molecule has 0 atom stereocenters. The van der Waals surface area contributed by atoms with Gasteiger partial charge in [0.2, 0.25) is 10.0 Å². The highest BCUT2D eigenvalue weighted by atomic mass is 35.5. The van der Waals surface area contributed by atoms with Crippen LogP contribution in [0.3, 0.4) is 0 Å². The van der Waals surface area contributed by atoms with Gasteiger partial charge in [-0.2, -0.15) is 0 Å². The number of nitrogens with one attached hydrogen (secondary N) is 1. The molecule has 0 heterocycles. The van der Waals surface area contributed by atoms with Crippen LogP contribution in [0.15, 0.2) is 17.0 Å². The van der Waals surface area contributed by atoms with Gasteiger partial charge in [0.05, 0.1) is 4.90 Å². The van der Waals surface area contributed by atoms with Gasteiger partial charge in [0.15, 0.2) is 0 Å². The van der Waals surface area contributed by atoms with Crippen molar-refractivity contribution in [1.29, 1.82) is 0 Å². The lowest BCUT2D eigenvalue weighted by Crippen LogP contribution is -2.25. The molecule has 0 saturated carbocycles. The molecule has 0 aliphatic carbocycles. The normalized spacial score (nSPS) is 11.7. The number of anilines is 1. The Morgan fingerprint density at radius 2 is 2.00 bits per heavy atom. The van der Waals surface area contributed by atoms with Crippen LogP contribution in [-0.2, 0) is 10.0 Å². The first kappa shape index (κ1) is 15.3. The maximum absolute atomic E-state index is 12.1. The van der Waals surface area contributed by atoms with E-state index in [9.17, 15) is 8.42 Å². The molecule has 1 aromatic carbocycles. The molecule has 0 amide bonds. The molecule has 6 heteroatoms. The van der Waals surface area contributed by atoms with Gasteiger partial charge in [0.25, 0.3) is 0 Å². The highest BCUT2D eigenvalue weighted by Crippen LogP contribution is 2.25. The van der Waals surface area contributed by atoms with Gasteiger partial charge < -0.3 is 5.73 Å². The Kier molecular flexibility index (Phi) is 5.44. The number of benzene rings is 1. The average molecular weight is 291 g/mol. The second-order valence-corrected chi connectivity index (χ2v) is 6.39. The third-order valence-electron chi connectivity index (χ3n) is 2.73. The predicted octanol–water partition coefficient (Wildman–Crippen LogP) is 2.70. The highest BCUT2D eigenvalue weighted by molar-refractivity contribution is 7.89. The summed E-state index contributed by atoms with van der Waals surface area (Å²) >= 11 is 5.84. The smallest absolute Gasteiger partial charge is 0.240 e. The quantitative estimate of drug-likeness (QED) is 0.625. The second kappa shape index (κ2) is 6.41. The van der Waals surface area contributed by atoms with Crippen LogP contribution in [0.5, 0.6) is 0 Å². The van der Waals surface area contributed by atoms with Crippen molar-refractivity contribution in [3.63, 3.8) is 0 Å². The summed E-state index contributed by atoms with van der Waals surface area (Å²) in [6.07, 6.45) is 2.87. The Bertz CT molecular complexity index is 515. The van der Waals surface area contributed by atoms with Crippen LogP contribution in [0.1, 0.15) is 31.7 Å². The van der Waals surface area contributed by atoms with Gasteiger partial charge in [-0.15, -0.1) is 0 Å². The monoisotopic (exact) mass is 290 g/mol. The van der Waals surface area contributed by atoms with Crippen LogP contribution in [-0.4, -0.2) is 15.0 Å². The molecule has 1 rings (SSSR count). The predicted molar refractivity (Wildman–Crippen MR) is 75.3 cm³/mol. The zero-order chi connectivity index (χ0) is 13.8. The Morgan fingerprint density at radius 1 is 1.33 bits per heavy atom. The van der Waals surface area contributed by atoms with Crippen LogP contribution in [0.2, 0.25) is 5.02 Å². The topological polar surface area (TPSA) is 72.2 Å². The summed E-state index contributed by atoms with van der Waals surface area (Å²) in [5, 5.41) is 0.326. The number of rotatable bonds is 6. The first-order valence-electron chi connectivity index (χ1n) is 5.93. The summed E-state index contributed by atoms with van der Waals surface area (Å²) in [7, 11) is -3.53. The number of hydrogen-bond donors (Lipinski definition) is 2. The van der Waals surface area contributed by atoms with Gasteiger partial charge in [-0.05, 0) is 31.0 Å². The maximum Gasteiger partial charge on any atom is 0.240 e. The minimum absolute atomic E-state index is 0.156. The van der Waals surface area contributed by atoms with E-state index in [4.69, 9.17) is 17.3 Å². The van der Waals surface area contributed by atoms with Gasteiger partial charge >= 0.3 is 0 Å². The fourth-order valence-corrected chi connectivity index (χ4v) is 3.28. The van der Waals surface area contributed by atoms with Crippen LogP contribution < -0.4 is 10.5 Å². The first-order valence-corrected chi connectivity index (χ1v) is 7.80. The third-order valence-corrected chi connectivity index (χ3v) is 4.53. The van der Waals surface area contributed by atoms with Gasteiger partial charge in [0.1, 0.15) is 0 Å². The van der Waals surface area contributed by atoms with Gasteiger partial charge in [-0.25, -0.2) is 13.1 Å². The Labute approximate surface area is 114 Å². The van der Waals surface area contributed by atoms with E-state index in [1.165, 1.54) is 6.07 Å². The summed E-state index contributed by atoms with van der Waals surface area (Å²) in [5.41, 5.74) is 6.63. The van der Waals surface area contributed by atoms with Gasteiger partial charge in [0, 0.05) is 17.3 Å². The van der Waals surface area contributed by atoms with Gasteiger partial charge in [-0.3, -0.25) is 0 Å². The summed E-state index contributed by atoms with van der Waals surface area (Å²) in [6, 6.07) is 2.97. The molecule has 18 heavy (non-hydrogen) atoms. The van der Waals surface area contributed by atoms with E-state index in [2.05, 4.69) is 11.6 Å². The fourth-order valence-electron chi connectivity index (χ4n) is 1.61. The third kappa shape index (κ3) is 3.86. The number of hydrogen-bond acceptors (Lipinski definition) is 3. The fraction of sp³-hybridized carbons (Fsp3) is 0.500. The molecule has 4 nitrogen and oxygen atoms in total. The summed E-state index contributed by atoms with van der Waals surface area (Å²) in [6.45, 7) is 4.17. The molecule has 0 fully saturated rings. The van der Waals surface area contributed by atoms with Gasteiger partial charge in [-0.1, -0.05) is 31.4 Å². The van der Waals surface area contributed by atoms with Crippen LogP contribution >= 0.6 is 11.6 Å². The Morgan fingerprint density at radius 3 is 2.61 bits per heavy atom. The molecule has 1 aromatic rings. The lowest BCUT2D eigenvalue weighted by molar-refractivity contribution is 0.575. The molecule has 3 N–H and O–H groups in total. The van der Waals surface area contributed by atoms with Crippen molar-refractivity contribution in [2.24, 2.45) is 0 Å². The minimum atomic E-state index is -3.53. The summed E-state index contributed by atoms with van der Waals surface area (Å²) in [4.78, 5) is 0.156. The SMILES string of the molecule is CCCCCNS(=O)(=O)c1cc(Cl)cc(N)c1C. The molecular formula is C12H19ClN2O2S. The first-order chi connectivity index (χ1) is 8.38. The maximum atomic E-state index is 12.1. The van der Waals surface area contributed by atoms with Crippen LogP contribution in [0, 0.1) is 6.92 Å². The zero-order valence-corrected chi connectivity index (χ0v) is 12.2. The molecule has 0 aliphatic heterocycles. The average Bonchev–Trinajstić information content (AvgIpc) is 2.29. The lowest BCUT2D eigenvalue weighted by atomic mass is 10.2. The molecule has 102 valence electrons. The van der Waals surface area contributed by atoms with E-state index in [0.29, 0.717) is 22.8 Å². The Hall–Kier alpha value is -0.780. The van der Waals surface area contributed by atoms with E-state index in [-0.39, 0.29) is 4.90 Å². The van der Waals surface area contributed by atoms with E-state index in [0.717, 1.165) is 19.3 Å². The second-order valence-electron chi connectivity index (χ2n) is 4.22. The van der Waals surface area contributed by atoms with Crippen LogP contribution in [0.4, 0.5) is 5.69 Å². The molecule has 0 spiro atoms. The Balaban J connectivity index is 2.91. The van der Waals surface area contributed by atoms with Crippen molar-refractivity contribution >= 4 is 27.3 Å². The molecular weight excluding hydrogens is 272 g/mol. The standard InChI is InChI=1S/C12H19ClN2O2S/c1-3-4-5-6-15-18(16,17)12-8-10(13)7-11(14)9(12)2/h7-8,15H,3-6,14H2,1-2H3. The number of nitrogens with two attached hydrogens (primary N) is 1. The molecule has 0 bridgehead atoms.